The number of aromatic nitrogens is 2. The molecule has 0 bridgehead atoms. The smallest absolute Gasteiger partial charge is 0.332 e. The summed E-state index contributed by atoms with van der Waals surface area (Å²) in [6.07, 6.45) is 4.08. The molecule has 3 aliphatic rings. The molecule has 0 radical (unpaired) electrons. The van der Waals surface area contributed by atoms with E-state index in [1.807, 2.05) is 9.80 Å². The summed E-state index contributed by atoms with van der Waals surface area (Å²) in [6.45, 7) is 1.73. The summed E-state index contributed by atoms with van der Waals surface area (Å²) in [5.41, 5.74) is -0.145. The van der Waals surface area contributed by atoms with Gasteiger partial charge in [-0.05, 0) is 25.0 Å². The number of amidine groups is 1. The molecule has 0 atom stereocenters. The second-order valence-electron chi connectivity index (χ2n) is 6.78. The van der Waals surface area contributed by atoms with Crippen molar-refractivity contribution in [2.45, 2.75) is 18.4 Å². The van der Waals surface area contributed by atoms with Gasteiger partial charge in [0.25, 0.3) is 0 Å². The van der Waals surface area contributed by atoms with Crippen LogP contribution in [0.5, 0.6) is 0 Å². The molecule has 6 nitrogen and oxygen atoms in total. The fraction of sp³-hybridized carbons (Fsp3) is 0.353. The third kappa shape index (κ3) is 2.20. The van der Waals surface area contributed by atoms with Crippen molar-refractivity contribution < 1.29 is 18.0 Å². The predicted molar refractivity (Wildman–Crippen MR) is 85.7 cm³/mol. The van der Waals surface area contributed by atoms with Crippen molar-refractivity contribution in [1.82, 2.24) is 14.9 Å². The van der Waals surface area contributed by atoms with Gasteiger partial charge in [-0.15, -0.1) is 0 Å². The molecule has 1 spiro atoms. The number of halogens is 3. The highest BCUT2D eigenvalue weighted by Gasteiger charge is 2.60. The summed E-state index contributed by atoms with van der Waals surface area (Å²) in [5.74, 6) is -0.739. The summed E-state index contributed by atoms with van der Waals surface area (Å²) in [4.78, 5) is 16.2. The van der Waals surface area contributed by atoms with E-state index in [1.54, 1.807) is 0 Å². The first-order chi connectivity index (χ1) is 12.6. The molecule has 0 amide bonds. The van der Waals surface area contributed by atoms with Crippen LogP contribution < -0.4 is 4.90 Å². The molecule has 0 N–H and O–H groups in total. The van der Waals surface area contributed by atoms with Crippen molar-refractivity contribution in [3.05, 3.63) is 47.5 Å². The quantitative estimate of drug-likeness (QED) is 0.733. The second-order valence-corrected chi connectivity index (χ2v) is 6.78. The summed E-state index contributed by atoms with van der Waals surface area (Å²) >= 11 is 0. The van der Waals surface area contributed by atoms with Crippen LogP contribution in [-0.2, 0) is 0 Å². The van der Waals surface area contributed by atoms with Crippen LogP contribution >= 0.6 is 0 Å². The van der Waals surface area contributed by atoms with Crippen molar-refractivity contribution in [3.63, 3.8) is 0 Å². The second kappa shape index (κ2) is 5.28. The van der Waals surface area contributed by atoms with Crippen LogP contribution in [0.4, 0.5) is 24.8 Å². The maximum absolute atomic E-state index is 14.3. The molecule has 2 aromatic rings. The number of nitrogens with zero attached hydrogens (tertiary/aromatic N) is 6. The summed E-state index contributed by atoms with van der Waals surface area (Å²) < 4.78 is 41.3. The first kappa shape index (κ1) is 15.3. The number of rotatable bonds is 1. The first-order valence-electron chi connectivity index (χ1n) is 8.35. The third-order valence-electron chi connectivity index (χ3n) is 5.17. The minimum atomic E-state index is -0.580. The van der Waals surface area contributed by atoms with Crippen LogP contribution in [0.25, 0.3) is 0 Å². The van der Waals surface area contributed by atoms with Crippen molar-refractivity contribution in [2.24, 2.45) is 5.11 Å². The molecule has 1 aliphatic carbocycles. The van der Waals surface area contributed by atoms with Crippen LogP contribution in [0, 0.1) is 17.5 Å². The molecule has 2 aliphatic heterocycles. The molecule has 2 fully saturated rings. The van der Waals surface area contributed by atoms with Gasteiger partial charge in [-0.1, -0.05) is 4.79 Å². The summed E-state index contributed by atoms with van der Waals surface area (Å²) in [6, 6.07) is 2.17. The van der Waals surface area contributed by atoms with Gasteiger partial charge in [0, 0.05) is 5.11 Å². The van der Waals surface area contributed by atoms with Gasteiger partial charge in [-0.25, -0.2) is 28.0 Å². The van der Waals surface area contributed by atoms with Crippen LogP contribution in [0.1, 0.15) is 18.4 Å². The Morgan fingerprint density at radius 3 is 2.46 bits per heavy atom. The number of hydrogen-bond acceptors (Lipinski definition) is 5. The van der Waals surface area contributed by atoms with E-state index >= 15 is 0 Å². The van der Waals surface area contributed by atoms with Gasteiger partial charge >= 0.3 is 5.84 Å². The predicted octanol–water partition coefficient (Wildman–Crippen LogP) is 2.30. The average molecular weight is 359 g/mol. The fourth-order valence-electron chi connectivity index (χ4n) is 3.71. The zero-order valence-corrected chi connectivity index (χ0v) is 13.7. The fourth-order valence-corrected chi connectivity index (χ4v) is 3.71. The molecule has 3 heterocycles. The van der Waals surface area contributed by atoms with E-state index in [9.17, 15) is 13.2 Å². The molecule has 1 aromatic carbocycles. The lowest BCUT2D eigenvalue weighted by Gasteiger charge is -2.37. The van der Waals surface area contributed by atoms with Gasteiger partial charge in [0.1, 0.15) is 17.9 Å². The monoisotopic (exact) mass is 359 g/mol. The van der Waals surface area contributed by atoms with Crippen LogP contribution in [0.3, 0.4) is 0 Å². The Hall–Kier alpha value is -2.93. The Morgan fingerprint density at radius 2 is 1.73 bits per heavy atom. The van der Waals surface area contributed by atoms with Crippen molar-refractivity contribution in [1.29, 1.82) is 0 Å². The van der Waals surface area contributed by atoms with Crippen LogP contribution in [-0.4, -0.2) is 50.7 Å². The Balaban J connectivity index is 1.45. The molecule has 1 saturated heterocycles. The van der Waals surface area contributed by atoms with Gasteiger partial charge < -0.3 is 4.90 Å². The van der Waals surface area contributed by atoms with E-state index in [0.717, 1.165) is 37.4 Å². The summed E-state index contributed by atoms with van der Waals surface area (Å²) in [7, 11) is 0. The maximum Gasteiger partial charge on any atom is 0.415 e. The highest BCUT2D eigenvalue weighted by molar-refractivity contribution is 6.01. The lowest BCUT2D eigenvalue weighted by molar-refractivity contribution is -0.0885. The zero-order chi connectivity index (χ0) is 17.9. The van der Waals surface area contributed by atoms with Gasteiger partial charge in [-0.2, -0.15) is 0 Å². The standard InChI is InChI=1S/C17H14F3N6/c18-10-7-21-16(22-8-10)25-5-6-26(17(9-25)3-4-17)15-13-11(19)1-2-12(20)14(13)23-24-15/h1-2,7-8H,3-6,9H2/q+1. The number of benzene rings is 1. The van der Waals surface area contributed by atoms with Crippen molar-refractivity contribution in [3.8, 4) is 0 Å². The Kier molecular flexibility index (Phi) is 3.12. The maximum atomic E-state index is 14.3. The molecular weight excluding hydrogens is 345 g/mol. The molecule has 26 heavy (non-hydrogen) atoms. The number of hydrogen-bond donors (Lipinski definition) is 0. The average Bonchev–Trinajstić information content (AvgIpc) is 3.24. The largest absolute Gasteiger partial charge is 0.415 e. The molecular formula is C17H14F3N6+. The lowest BCUT2D eigenvalue weighted by Crippen LogP contribution is -2.57. The van der Waals surface area contributed by atoms with E-state index < -0.39 is 17.5 Å². The van der Waals surface area contributed by atoms with Crippen LogP contribution in [0.2, 0.25) is 0 Å². The van der Waals surface area contributed by atoms with Gasteiger partial charge in [0.05, 0.1) is 25.5 Å². The van der Waals surface area contributed by atoms with Crippen LogP contribution in [0.15, 0.2) is 29.6 Å². The number of piperazine rings is 1. The van der Waals surface area contributed by atoms with Gasteiger partial charge in [0.15, 0.2) is 22.9 Å². The van der Waals surface area contributed by atoms with Crippen molar-refractivity contribution in [2.75, 3.05) is 24.5 Å². The Labute approximate surface area is 146 Å². The first-order valence-corrected chi connectivity index (χ1v) is 8.35. The SMILES string of the molecule is Fc1cnc(N2CCN(C3=[N+]=Nc4c(F)ccc(F)c43)C3(CC3)C2)nc1. The molecule has 1 aromatic heterocycles. The van der Waals surface area contributed by atoms with E-state index in [-0.39, 0.29) is 16.8 Å². The normalized spacial score (nSPS) is 19.7. The minimum Gasteiger partial charge on any atom is -0.332 e. The van der Waals surface area contributed by atoms with Crippen molar-refractivity contribution >= 4 is 17.5 Å². The Bertz CT molecular complexity index is 963. The van der Waals surface area contributed by atoms with Gasteiger partial charge in [0.2, 0.25) is 5.95 Å². The van der Waals surface area contributed by atoms with E-state index in [2.05, 4.69) is 19.9 Å². The van der Waals surface area contributed by atoms with E-state index in [0.29, 0.717) is 31.4 Å². The minimum absolute atomic E-state index is 0.0416. The summed E-state index contributed by atoms with van der Waals surface area (Å²) in [5, 5.41) is 3.85. The number of anilines is 1. The zero-order valence-electron chi connectivity index (χ0n) is 13.7. The Morgan fingerprint density at radius 1 is 1.00 bits per heavy atom. The highest BCUT2D eigenvalue weighted by Crippen LogP contribution is 2.46. The molecule has 9 heteroatoms. The third-order valence-corrected chi connectivity index (χ3v) is 5.17. The molecule has 0 unspecified atom stereocenters. The van der Waals surface area contributed by atoms with E-state index in [4.69, 9.17) is 0 Å². The highest BCUT2D eigenvalue weighted by atomic mass is 19.1. The molecule has 1 saturated carbocycles. The lowest BCUT2D eigenvalue weighted by atomic mass is 10.1. The van der Waals surface area contributed by atoms with E-state index in [1.165, 1.54) is 0 Å². The topological polar surface area (TPSA) is 58.7 Å². The number of fused-ring (bicyclic) bond motifs is 1. The van der Waals surface area contributed by atoms with Gasteiger partial charge in [-0.3, -0.25) is 0 Å². The molecule has 5 rings (SSSR count). The molecule has 132 valence electrons.